The van der Waals surface area contributed by atoms with Gasteiger partial charge < -0.3 is 10.6 Å². The van der Waals surface area contributed by atoms with Gasteiger partial charge in [0.2, 0.25) is 5.91 Å². The second kappa shape index (κ2) is 7.38. The molecule has 2 aromatic rings. The largest absolute Gasteiger partial charge is 0.325 e. The molecule has 8 heteroatoms. The number of anilines is 1. The maximum absolute atomic E-state index is 13.6. The molecule has 6 nitrogen and oxygen atoms in total. The van der Waals surface area contributed by atoms with Crippen molar-refractivity contribution in [3.63, 3.8) is 0 Å². The first-order valence-corrected chi connectivity index (χ1v) is 8.73. The predicted octanol–water partition coefficient (Wildman–Crippen LogP) is 3.07. The molecule has 1 heterocycles. The van der Waals surface area contributed by atoms with Crippen molar-refractivity contribution in [3.8, 4) is 0 Å². The van der Waals surface area contributed by atoms with E-state index >= 15 is 0 Å². The zero-order chi connectivity index (χ0) is 20.5. The van der Waals surface area contributed by atoms with Gasteiger partial charge in [-0.05, 0) is 48.7 Å². The van der Waals surface area contributed by atoms with Gasteiger partial charge >= 0.3 is 6.03 Å². The summed E-state index contributed by atoms with van der Waals surface area (Å²) in [5.41, 5.74) is -0.279. The van der Waals surface area contributed by atoms with Gasteiger partial charge in [0.15, 0.2) is 0 Å². The van der Waals surface area contributed by atoms with Crippen LogP contribution in [0, 0.1) is 18.6 Å². The number of rotatable bonds is 5. The van der Waals surface area contributed by atoms with E-state index in [-0.39, 0.29) is 12.1 Å². The van der Waals surface area contributed by atoms with Crippen LogP contribution < -0.4 is 10.6 Å². The molecule has 1 aliphatic heterocycles. The lowest BCUT2D eigenvalue weighted by molar-refractivity contribution is -0.134. The van der Waals surface area contributed by atoms with Crippen LogP contribution in [0.15, 0.2) is 42.5 Å². The fraction of sp³-hybridized carbons (Fsp3) is 0.250. The van der Waals surface area contributed by atoms with Crippen molar-refractivity contribution in [1.82, 2.24) is 10.2 Å². The molecule has 0 aromatic heterocycles. The smallest absolute Gasteiger partial charge is 0.324 e. The van der Waals surface area contributed by atoms with Gasteiger partial charge in [-0.25, -0.2) is 13.6 Å². The summed E-state index contributed by atoms with van der Waals surface area (Å²) in [6, 6.07) is 8.73. The van der Waals surface area contributed by atoms with Crippen LogP contribution in [0.25, 0.3) is 0 Å². The van der Waals surface area contributed by atoms with Crippen molar-refractivity contribution < 1.29 is 23.2 Å². The highest BCUT2D eigenvalue weighted by Crippen LogP contribution is 2.32. The fourth-order valence-electron chi connectivity index (χ4n) is 3.16. The van der Waals surface area contributed by atoms with Crippen LogP contribution >= 0.6 is 0 Å². The van der Waals surface area contributed by atoms with E-state index in [1.54, 1.807) is 13.8 Å². The second-order valence-corrected chi connectivity index (χ2v) is 6.60. The Morgan fingerprint density at radius 1 is 1.14 bits per heavy atom. The molecular weight excluding hydrogens is 368 g/mol. The van der Waals surface area contributed by atoms with E-state index in [0.29, 0.717) is 11.1 Å². The lowest BCUT2D eigenvalue weighted by Gasteiger charge is -2.25. The lowest BCUT2D eigenvalue weighted by atomic mass is 9.87. The number of hydrogen-bond donors (Lipinski definition) is 2. The molecule has 1 atom stereocenters. The number of benzene rings is 2. The van der Waals surface area contributed by atoms with Gasteiger partial charge in [0.25, 0.3) is 5.91 Å². The van der Waals surface area contributed by atoms with E-state index < -0.39 is 41.6 Å². The molecule has 3 rings (SSSR count). The molecule has 0 saturated carbocycles. The molecular formula is C20H19F2N3O3. The van der Waals surface area contributed by atoms with Crippen molar-refractivity contribution in [1.29, 1.82) is 0 Å². The molecule has 0 bridgehead atoms. The Bertz CT molecular complexity index is 946. The normalized spacial score (nSPS) is 18.9. The topological polar surface area (TPSA) is 78.5 Å². The molecule has 1 aliphatic rings. The molecule has 0 radical (unpaired) electrons. The number of imide groups is 1. The summed E-state index contributed by atoms with van der Waals surface area (Å²) in [4.78, 5) is 38.4. The maximum Gasteiger partial charge on any atom is 0.325 e. The molecule has 4 amide bonds. The molecule has 1 saturated heterocycles. The summed E-state index contributed by atoms with van der Waals surface area (Å²) in [5, 5.41) is 5.08. The number of halogens is 2. The number of carbonyl (C=O) groups excluding carboxylic acids is 3. The van der Waals surface area contributed by atoms with Gasteiger partial charge in [0, 0.05) is 5.69 Å². The lowest BCUT2D eigenvalue weighted by Crippen LogP contribution is -2.44. The molecule has 0 aliphatic carbocycles. The van der Waals surface area contributed by atoms with Gasteiger partial charge in [-0.3, -0.25) is 14.5 Å². The van der Waals surface area contributed by atoms with E-state index in [4.69, 9.17) is 0 Å². The summed E-state index contributed by atoms with van der Waals surface area (Å²) in [6.45, 7) is 2.78. The first kappa shape index (κ1) is 19.5. The highest BCUT2D eigenvalue weighted by atomic mass is 19.1. The van der Waals surface area contributed by atoms with Crippen molar-refractivity contribution in [2.75, 3.05) is 11.9 Å². The minimum Gasteiger partial charge on any atom is -0.324 e. The molecule has 1 unspecified atom stereocenters. The SMILES string of the molecule is CCC1(c2ccc(F)cc2)NC(=O)N(CC(=O)Nc2ccc(C)c(F)c2)C1=O. The number of aryl methyl sites for hydroxylation is 1. The van der Waals surface area contributed by atoms with Crippen LogP contribution in [0.3, 0.4) is 0 Å². The fourth-order valence-corrected chi connectivity index (χ4v) is 3.16. The average Bonchev–Trinajstić information content (AvgIpc) is 2.90. The number of carbonyl (C=O) groups is 3. The van der Waals surface area contributed by atoms with E-state index in [1.807, 2.05) is 0 Å². The van der Waals surface area contributed by atoms with Crippen molar-refractivity contribution in [2.45, 2.75) is 25.8 Å². The minimum absolute atomic E-state index is 0.223. The summed E-state index contributed by atoms with van der Waals surface area (Å²) in [7, 11) is 0. The molecule has 28 heavy (non-hydrogen) atoms. The highest BCUT2D eigenvalue weighted by molar-refractivity contribution is 6.10. The second-order valence-electron chi connectivity index (χ2n) is 6.60. The molecule has 1 fully saturated rings. The molecule has 146 valence electrons. The summed E-state index contributed by atoms with van der Waals surface area (Å²) >= 11 is 0. The van der Waals surface area contributed by atoms with Crippen LogP contribution in [-0.2, 0) is 15.1 Å². The Kier molecular flexibility index (Phi) is 5.13. The van der Waals surface area contributed by atoms with Crippen molar-refractivity contribution in [2.24, 2.45) is 0 Å². The average molecular weight is 387 g/mol. The maximum atomic E-state index is 13.6. The first-order valence-electron chi connectivity index (χ1n) is 8.73. The third-order valence-electron chi connectivity index (χ3n) is 4.80. The standard InChI is InChI=1S/C20H19F2N3O3/c1-3-20(13-5-7-14(21)8-6-13)18(27)25(19(28)24-20)11-17(26)23-15-9-4-12(2)16(22)10-15/h4-10H,3,11H2,1-2H3,(H,23,26)(H,24,28). The van der Waals surface area contributed by atoms with Crippen LogP contribution in [0.4, 0.5) is 19.3 Å². The zero-order valence-electron chi connectivity index (χ0n) is 15.4. The quantitative estimate of drug-likeness (QED) is 0.774. The third kappa shape index (κ3) is 3.45. The van der Waals surface area contributed by atoms with E-state index in [0.717, 1.165) is 11.0 Å². The van der Waals surface area contributed by atoms with Crippen molar-refractivity contribution >= 4 is 23.5 Å². The van der Waals surface area contributed by atoms with Gasteiger partial charge in [0.05, 0.1) is 0 Å². The van der Waals surface area contributed by atoms with Gasteiger partial charge in [-0.1, -0.05) is 25.1 Å². The van der Waals surface area contributed by atoms with Crippen LogP contribution in [-0.4, -0.2) is 29.3 Å². The van der Waals surface area contributed by atoms with E-state index in [2.05, 4.69) is 10.6 Å². The third-order valence-corrected chi connectivity index (χ3v) is 4.80. The van der Waals surface area contributed by atoms with Crippen LogP contribution in [0.1, 0.15) is 24.5 Å². The number of amides is 4. The number of nitrogens with one attached hydrogen (secondary N) is 2. The Morgan fingerprint density at radius 3 is 2.43 bits per heavy atom. The van der Waals surface area contributed by atoms with Crippen LogP contribution in [0.2, 0.25) is 0 Å². The summed E-state index contributed by atoms with van der Waals surface area (Å²) in [6.07, 6.45) is 0.227. The summed E-state index contributed by atoms with van der Waals surface area (Å²) in [5.74, 6) is -2.18. The van der Waals surface area contributed by atoms with Gasteiger partial charge in [-0.15, -0.1) is 0 Å². The Labute approximate surface area is 160 Å². The minimum atomic E-state index is -1.36. The van der Waals surface area contributed by atoms with Gasteiger partial charge in [-0.2, -0.15) is 0 Å². The predicted molar refractivity (Wildman–Crippen MR) is 98.4 cm³/mol. The Balaban J connectivity index is 1.78. The van der Waals surface area contributed by atoms with Crippen molar-refractivity contribution in [3.05, 3.63) is 65.2 Å². The first-order chi connectivity index (χ1) is 13.3. The molecule has 2 N–H and O–H groups in total. The number of urea groups is 1. The Morgan fingerprint density at radius 2 is 1.82 bits per heavy atom. The summed E-state index contributed by atoms with van der Waals surface area (Å²) < 4.78 is 26.8. The number of nitrogens with zero attached hydrogens (tertiary/aromatic N) is 1. The van der Waals surface area contributed by atoms with E-state index in [1.165, 1.54) is 36.4 Å². The number of hydrogen-bond acceptors (Lipinski definition) is 3. The zero-order valence-corrected chi connectivity index (χ0v) is 15.4. The van der Waals surface area contributed by atoms with Crippen LogP contribution in [0.5, 0.6) is 0 Å². The molecule has 0 spiro atoms. The monoisotopic (exact) mass is 387 g/mol. The molecule has 2 aromatic carbocycles. The Hall–Kier alpha value is -3.29. The van der Waals surface area contributed by atoms with E-state index in [9.17, 15) is 23.2 Å². The van der Waals surface area contributed by atoms with Gasteiger partial charge in [0.1, 0.15) is 23.7 Å². The highest BCUT2D eigenvalue weighted by Gasteiger charge is 2.51.